The lowest BCUT2D eigenvalue weighted by molar-refractivity contribution is 0.717. The lowest BCUT2D eigenvalue weighted by atomic mass is 9.93. The summed E-state index contributed by atoms with van der Waals surface area (Å²) in [6.07, 6.45) is 28.0. The second kappa shape index (κ2) is 14.7. The Balaban J connectivity index is 1.27. The summed E-state index contributed by atoms with van der Waals surface area (Å²) < 4.78 is 0. The van der Waals surface area contributed by atoms with Crippen LogP contribution in [0.2, 0.25) is 0 Å². The average molecular weight is 605 g/mol. The van der Waals surface area contributed by atoms with Crippen LogP contribution in [0.5, 0.6) is 0 Å². The first kappa shape index (κ1) is 31.4. The Morgan fingerprint density at radius 2 is 1.33 bits per heavy atom. The number of anilines is 3. The van der Waals surface area contributed by atoms with E-state index in [0.29, 0.717) is 12.0 Å². The molecule has 0 saturated heterocycles. The van der Waals surface area contributed by atoms with Gasteiger partial charge in [0.25, 0.3) is 0 Å². The predicted molar refractivity (Wildman–Crippen MR) is 199 cm³/mol. The van der Waals surface area contributed by atoms with Gasteiger partial charge in [0.15, 0.2) is 0 Å². The molecule has 2 atom stereocenters. The summed E-state index contributed by atoms with van der Waals surface area (Å²) in [5.74, 6) is 0.401. The van der Waals surface area contributed by atoms with E-state index in [1.54, 1.807) is 0 Å². The molecule has 0 saturated carbocycles. The van der Waals surface area contributed by atoms with Crippen molar-refractivity contribution in [2.75, 3.05) is 9.80 Å². The Labute approximate surface area is 277 Å². The Morgan fingerprint density at radius 1 is 0.674 bits per heavy atom. The lowest BCUT2D eigenvalue weighted by Crippen LogP contribution is -2.34. The molecule has 0 fully saturated rings. The van der Waals surface area contributed by atoms with Gasteiger partial charge in [-0.2, -0.15) is 0 Å². The van der Waals surface area contributed by atoms with E-state index in [4.69, 9.17) is 0 Å². The summed E-state index contributed by atoms with van der Waals surface area (Å²) in [6.45, 7) is 10.7. The molecule has 0 aromatic heterocycles. The molecule has 0 spiro atoms. The Bertz CT molecular complexity index is 1690. The number of nitrogens with zero attached hydrogens (tertiary/aromatic N) is 2. The molecule has 0 radical (unpaired) electrons. The molecule has 2 nitrogen and oxygen atoms in total. The molecular formula is C44H48N2. The van der Waals surface area contributed by atoms with Crippen LogP contribution in [0.1, 0.15) is 69.6 Å². The minimum Gasteiger partial charge on any atom is -0.338 e. The van der Waals surface area contributed by atoms with Gasteiger partial charge in [0, 0.05) is 28.5 Å². The predicted octanol–water partition coefficient (Wildman–Crippen LogP) is 11.8. The van der Waals surface area contributed by atoms with Crippen LogP contribution in [-0.2, 0) is 12.8 Å². The van der Waals surface area contributed by atoms with Crippen LogP contribution in [0.3, 0.4) is 0 Å². The van der Waals surface area contributed by atoms with Gasteiger partial charge in [0.2, 0.25) is 0 Å². The molecule has 3 aliphatic rings. The molecule has 3 aromatic rings. The van der Waals surface area contributed by atoms with Gasteiger partial charge in [-0.25, -0.2) is 0 Å². The van der Waals surface area contributed by atoms with Gasteiger partial charge < -0.3 is 9.80 Å². The SMILES string of the molecule is C=CC1C=CC(N(c2ccc(CC)cc2)c2ccc(C3=CC=C(N(c4ccc(CC)cc4)C4C=CC(CC)=CC4)CC3)cc2)=CC1. The third-order valence-corrected chi connectivity index (χ3v) is 9.73. The van der Waals surface area contributed by atoms with Crippen molar-refractivity contribution in [3.63, 3.8) is 0 Å². The zero-order chi connectivity index (χ0) is 31.9. The van der Waals surface area contributed by atoms with Gasteiger partial charge in [-0.15, -0.1) is 6.58 Å². The van der Waals surface area contributed by atoms with E-state index in [2.05, 4.69) is 159 Å². The van der Waals surface area contributed by atoms with E-state index in [1.807, 2.05) is 6.08 Å². The van der Waals surface area contributed by atoms with Crippen LogP contribution in [0.4, 0.5) is 17.1 Å². The first-order chi connectivity index (χ1) is 22.6. The van der Waals surface area contributed by atoms with Crippen molar-refractivity contribution in [2.45, 2.75) is 71.8 Å². The van der Waals surface area contributed by atoms with E-state index in [9.17, 15) is 0 Å². The van der Waals surface area contributed by atoms with Crippen LogP contribution >= 0.6 is 0 Å². The highest BCUT2D eigenvalue weighted by atomic mass is 15.2. The largest absolute Gasteiger partial charge is 0.338 e. The molecule has 3 aromatic carbocycles. The first-order valence-electron chi connectivity index (χ1n) is 17.3. The van der Waals surface area contributed by atoms with E-state index in [-0.39, 0.29) is 0 Å². The normalized spacial score (nSPS) is 19.1. The van der Waals surface area contributed by atoms with Crippen LogP contribution in [0.15, 0.2) is 151 Å². The van der Waals surface area contributed by atoms with Crippen molar-refractivity contribution in [1.29, 1.82) is 0 Å². The molecule has 0 amide bonds. The number of rotatable bonds is 11. The number of allylic oxidation sites excluding steroid dienone is 10. The maximum Gasteiger partial charge on any atom is 0.0556 e. The highest BCUT2D eigenvalue weighted by Crippen LogP contribution is 2.37. The van der Waals surface area contributed by atoms with Crippen molar-refractivity contribution >= 4 is 22.6 Å². The fraction of sp³-hybridized carbons (Fsp3) is 0.273. The van der Waals surface area contributed by atoms with E-state index >= 15 is 0 Å². The third-order valence-electron chi connectivity index (χ3n) is 9.73. The molecule has 234 valence electrons. The van der Waals surface area contributed by atoms with Crippen molar-refractivity contribution in [3.8, 4) is 0 Å². The van der Waals surface area contributed by atoms with Crippen molar-refractivity contribution < 1.29 is 0 Å². The fourth-order valence-corrected chi connectivity index (χ4v) is 6.76. The van der Waals surface area contributed by atoms with Gasteiger partial charge in [0.05, 0.1) is 6.04 Å². The second-order valence-electron chi connectivity index (χ2n) is 12.6. The molecule has 0 heterocycles. The summed E-state index contributed by atoms with van der Waals surface area (Å²) >= 11 is 0. The highest BCUT2D eigenvalue weighted by molar-refractivity contribution is 5.75. The number of aryl methyl sites for hydroxylation is 2. The smallest absolute Gasteiger partial charge is 0.0556 e. The van der Waals surface area contributed by atoms with Gasteiger partial charge in [-0.1, -0.05) is 105 Å². The summed E-state index contributed by atoms with van der Waals surface area (Å²) in [6, 6.07) is 27.7. The quantitative estimate of drug-likeness (QED) is 0.201. The first-order valence-corrected chi connectivity index (χ1v) is 17.3. The number of benzene rings is 3. The number of hydrogen-bond acceptors (Lipinski definition) is 2. The summed E-state index contributed by atoms with van der Waals surface area (Å²) in [5, 5.41) is 0. The van der Waals surface area contributed by atoms with Crippen LogP contribution in [0, 0.1) is 5.92 Å². The summed E-state index contributed by atoms with van der Waals surface area (Å²) in [7, 11) is 0. The molecule has 6 rings (SSSR count). The lowest BCUT2D eigenvalue weighted by Gasteiger charge is -2.36. The maximum absolute atomic E-state index is 4.00. The molecular weight excluding hydrogens is 556 g/mol. The minimum atomic E-state index is 0.338. The molecule has 3 aliphatic carbocycles. The molecule has 46 heavy (non-hydrogen) atoms. The van der Waals surface area contributed by atoms with E-state index < -0.39 is 0 Å². The molecule has 0 bridgehead atoms. The van der Waals surface area contributed by atoms with Gasteiger partial charge in [-0.05, 0) is 122 Å². The average Bonchev–Trinajstić information content (AvgIpc) is 3.13. The topological polar surface area (TPSA) is 6.48 Å². The van der Waals surface area contributed by atoms with E-state index in [1.165, 1.54) is 56.3 Å². The van der Waals surface area contributed by atoms with Gasteiger partial charge in [-0.3, -0.25) is 0 Å². The van der Waals surface area contributed by atoms with Gasteiger partial charge in [0.1, 0.15) is 0 Å². The van der Waals surface area contributed by atoms with Crippen LogP contribution < -0.4 is 9.80 Å². The number of hydrogen-bond donors (Lipinski definition) is 0. The molecule has 0 aliphatic heterocycles. The zero-order valence-corrected chi connectivity index (χ0v) is 27.8. The fourth-order valence-electron chi connectivity index (χ4n) is 6.76. The van der Waals surface area contributed by atoms with Crippen LogP contribution in [-0.4, -0.2) is 6.04 Å². The van der Waals surface area contributed by atoms with E-state index in [0.717, 1.165) is 44.9 Å². The Hall–Kier alpha value is -4.56. The van der Waals surface area contributed by atoms with Crippen LogP contribution in [0.25, 0.3) is 5.57 Å². The van der Waals surface area contributed by atoms with Gasteiger partial charge >= 0.3 is 0 Å². The molecule has 2 heteroatoms. The Kier molecular flexibility index (Phi) is 10.0. The third kappa shape index (κ3) is 6.97. The minimum absolute atomic E-state index is 0.338. The second-order valence-corrected chi connectivity index (χ2v) is 12.6. The van der Waals surface area contributed by atoms with Crippen molar-refractivity contribution in [2.24, 2.45) is 5.92 Å². The summed E-state index contributed by atoms with van der Waals surface area (Å²) in [5.41, 5.74) is 13.1. The van der Waals surface area contributed by atoms with Crippen molar-refractivity contribution in [1.82, 2.24) is 0 Å². The Morgan fingerprint density at radius 3 is 1.83 bits per heavy atom. The monoisotopic (exact) mass is 604 g/mol. The standard InChI is InChI=1S/C44H48N2/c1-5-33-9-21-39(22-10-33)45(40-23-11-34(6-2)12-24-40)43-29-17-37(18-30-43)38-19-31-44(32-20-38)46(41-25-13-35(7-3)14-26-41)42-27-15-36(8-4)16-28-42/h5,9,11-19,21-27,29-31,33,42H,1,6-8,10,20,28,32H2,2-4H3. The van der Waals surface area contributed by atoms with Crippen molar-refractivity contribution in [3.05, 3.63) is 168 Å². The zero-order valence-electron chi connectivity index (χ0n) is 27.8. The maximum atomic E-state index is 4.00. The highest BCUT2D eigenvalue weighted by Gasteiger charge is 2.24. The molecule has 2 unspecified atom stereocenters. The summed E-state index contributed by atoms with van der Waals surface area (Å²) in [4.78, 5) is 4.95. The molecule has 0 N–H and O–H groups in total.